The smallest absolute Gasteiger partial charge is 0.117 e. The van der Waals surface area contributed by atoms with E-state index in [0.29, 0.717) is 0 Å². The topological polar surface area (TPSA) is 43.0 Å². The molecule has 0 amide bonds. The third kappa shape index (κ3) is 2.52. The molecule has 0 bridgehead atoms. The number of hydrogen-bond donors (Lipinski definition) is 1. The van der Waals surface area contributed by atoms with Crippen LogP contribution in [0.5, 0.6) is 0 Å². The molecule has 2 rings (SSSR count). The Bertz CT molecular complexity index is 431. The molecule has 16 heavy (non-hydrogen) atoms. The van der Waals surface area contributed by atoms with Gasteiger partial charge in [0.15, 0.2) is 0 Å². The molecule has 2 aromatic rings. The van der Waals surface area contributed by atoms with Crippen molar-refractivity contribution in [1.29, 1.82) is 0 Å². The van der Waals surface area contributed by atoms with Crippen LogP contribution in [0.3, 0.4) is 0 Å². The Hall–Kier alpha value is -1.55. The highest BCUT2D eigenvalue weighted by Gasteiger charge is 2.03. The fourth-order valence-electron chi connectivity index (χ4n) is 1.64. The van der Waals surface area contributed by atoms with E-state index in [1.807, 2.05) is 23.9 Å². The minimum absolute atomic E-state index is 0.750. The molecule has 1 N–H and O–H groups in total. The third-order valence-corrected chi connectivity index (χ3v) is 2.58. The van der Waals surface area contributed by atoms with Crippen LogP contribution in [-0.4, -0.2) is 9.78 Å². The summed E-state index contributed by atoms with van der Waals surface area (Å²) in [5.41, 5.74) is 2.33. The van der Waals surface area contributed by atoms with E-state index >= 15 is 0 Å². The van der Waals surface area contributed by atoms with E-state index in [0.717, 1.165) is 31.0 Å². The minimum atomic E-state index is 0.750. The molecule has 0 atom stereocenters. The summed E-state index contributed by atoms with van der Waals surface area (Å²) < 4.78 is 7.17. The van der Waals surface area contributed by atoms with Crippen LogP contribution in [0.4, 0.5) is 0 Å². The normalized spacial score (nSPS) is 10.9. The van der Waals surface area contributed by atoms with Gasteiger partial charge >= 0.3 is 0 Å². The number of aromatic nitrogens is 2. The van der Waals surface area contributed by atoms with Crippen molar-refractivity contribution in [3.8, 4) is 0 Å². The highest BCUT2D eigenvalue weighted by atomic mass is 16.3. The summed E-state index contributed by atoms with van der Waals surface area (Å²) in [5.74, 6) is 0.956. The largest absolute Gasteiger partial charge is 0.468 e. The van der Waals surface area contributed by atoms with Gasteiger partial charge in [0.05, 0.1) is 24.2 Å². The van der Waals surface area contributed by atoms with E-state index in [9.17, 15) is 0 Å². The minimum Gasteiger partial charge on any atom is -0.468 e. The van der Waals surface area contributed by atoms with Crippen LogP contribution in [0.1, 0.15) is 24.1 Å². The van der Waals surface area contributed by atoms with Gasteiger partial charge in [0.1, 0.15) is 5.76 Å². The molecule has 0 spiro atoms. The molecule has 86 valence electrons. The van der Waals surface area contributed by atoms with Gasteiger partial charge in [-0.1, -0.05) is 6.92 Å². The molecular weight excluding hydrogens is 202 g/mol. The number of furan rings is 1. The fraction of sp³-hybridized carbons (Fsp3) is 0.417. The molecule has 0 saturated heterocycles. The Balaban J connectivity index is 1.87. The van der Waals surface area contributed by atoms with E-state index < -0.39 is 0 Å². The van der Waals surface area contributed by atoms with Crippen LogP contribution in [0.2, 0.25) is 0 Å². The molecule has 0 saturated carbocycles. The van der Waals surface area contributed by atoms with Crippen molar-refractivity contribution in [1.82, 2.24) is 15.1 Å². The Morgan fingerprint density at radius 1 is 1.44 bits per heavy atom. The number of hydrogen-bond acceptors (Lipinski definition) is 3. The number of nitrogens with one attached hydrogen (secondary N) is 1. The van der Waals surface area contributed by atoms with Crippen LogP contribution in [0.15, 0.2) is 28.9 Å². The van der Waals surface area contributed by atoms with E-state index in [1.165, 1.54) is 5.69 Å². The fourth-order valence-corrected chi connectivity index (χ4v) is 1.64. The van der Waals surface area contributed by atoms with E-state index in [2.05, 4.69) is 23.4 Å². The second kappa shape index (κ2) is 4.99. The van der Waals surface area contributed by atoms with Gasteiger partial charge in [-0.05, 0) is 24.6 Å². The lowest BCUT2D eigenvalue weighted by Crippen LogP contribution is -2.14. The summed E-state index contributed by atoms with van der Waals surface area (Å²) in [4.78, 5) is 0. The molecule has 4 heteroatoms. The summed E-state index contributed by atoms with van der Waals surface area (Å²) in [6, 6.07) is 6.00. The third-order valence-electron chi connectivity index (χ3n) is 2.58. The van der Waals surface area contributed by atoms with Crippen molar-refractivity contribution in [3.05, 3.63) is 41.6 Å². The molecule has 0 unspecified atom stereocenters. The van der Waals surface area contributed by atoms with Gasteiger partial charge in [-0.25, -0.2) is 0 Å². The lowest BCUT2D eigenvalue weighted by atomic mass is 10.3. The summed E-state index contributed by atoms with van der Waals surface area (Å²) in [7, 11) is 1.98. The molecule has 4 nitrogen and oxygen atoms in total. The van der Waals surface area contributed by atoms with E-state index in [4.69, 9.17) is 4.42 Å². The second-order valence-electron chi connectivity index (χ2n) is 3.79. The van der Waals surface area contributed by atoms with Crippen molar-refractivity contribution in [2.24, 2.45) is 7.05 Å². The zero-order valence-electron chi connectivity index (χ0n) is 9.73. The molecule has 2 heterocycles. The van der Waals surface area contributed by atoms with Gasteiger partial charge in [0, 0.05) is 13.6 Å². The average molecular weight is 219 g/mol. The lowest BCUT2D eigenvalue weighted by Gasteiger charge is -2.02. The number of aryl methyl sites for hydroxylation is 2. The predicted octanol–water partition coefficient (Wildman–Crippen LogP) is 1.87. The van der Waals surface area contributed by atoms with Gasteiger partial charge in [-0.2, -0.15) is 5.10 Å². The summed E-state index contributed by atoms with van der Waals surface area (Å²) in [5, 5.41) is 7.73. The monoisotopic (exact) mass is 219 g/mol. The van der Waals surface area contributed by atoms with Gasteiger partial charge in [-0.15, -0.1) is 0 Å². The number of nitrogens with zero attached hydrogens (tertiary/aromatic N) is 2. The lowest BCUT2D eigenvalue weighted by molar-refractivity contribution is 0.479. The molecular formula is C12H17N3O. The molecule has 0 aliphatic rings. The van der Waals surface area contributed by atoms with Crippen molar-refractivity contribution in [3.63, 3.8) is 0 Å². The zero-order chi connectivity index (χ0) is 11.4. The van der Waals surface area contributed by atoms with E-state index in [-0.39, 0.29) is 0 Å². The highest BCUT2D eigenvalue weighted by Crippen LogP contribution is 2.04. The van der Waals surface area contributed by atoms with Crippen LogP contribution < -0.4 is 5.32 Å². The molecule has 0 radical (unpaired) electrons. The van der Waals surface area contributed by atoms with Crippen LogP contribution in [0, 0.1) is 0 Å². The Morgan fingerprint density at radius 2 is 2.31 bits per heavy atom. The standard InChI is InChI=1S/C12H17N3O/c1-3-10-7-11(15(2)14-10)8-13-9-12-5-4-6-16-12/h4-7,13H,3,8-9H2,1-2H3. The predicted molar refractivity (Wildman–Crippen MR) is 61.8 cm³/mol. The Labute approximate surface area is 95.3 Å². The summed E-state index contributed by atoms with van der Waals surface area (Å²) >= 11 is 0. The first-order valence-electron chi connectivity index (χ1n) is 5.54. The zero-order valence-corrected chi connectivity index (χ0v) is 9.73. The first kappa shape index (κ1) is 11.0. The van der Waals surface area contributed by atoms with E-state index in [1.54, 1.807) is 6.26 Å². The van der Waals surface area contributed by atoms with Crippen molar-refractivity contribution < 1.29 is 4.42 Å². The molecule has 2 aromatic heterocycles. The first-order chi connectivity index (χ1) is 7.79. The summed E-state index contributed by atoms with van der Waals surface area (Å²) in [6.45, 7) is 3.67. The average Bonchev–Trinajstić information content (AvgIpc) is 2.89. The molecule has 0 aromatic carbocycles. The second-order valence-corrected chi connectivity index (χ2v) is 3.79. The SMILES string of the molecule is CCc1cc(CNCc2ccco2)n(C)n1. The maximum Gasteiger partial charge on any atom is 0.117 e. The quantitative estimate of drug-likeness (QED) is 0.834. The van der Waals surface area contributed by atoms with Crippen LogP contribution >= 0.6 is 0 Å². The maximum absolute atomic E-state index is 5.24. The summed E-state index contributed by atoms with van der Waals surface area (Å²) in [6.07, 6.45) is 2.67. The molecule has 0 fully saturated rings. The van der Waals surface area contributed by atoms with Gasteiger partial charge in [-0.3, -0.25) is 4.68 Å². The molecule has 0 aliphatic heterocycles. The molecule has 0 aliphatic carbocycles. The first-order valence-corrected chi connectivity index (χ1v) is 5.54. The van der Waals surface area contributed by atoms with Gasteiger partial charge in [0.25, 0.3) is 0 Å². The maximum atomic E-state index is 5.24. The number of rotatable bonds is 5. The van der Waals surface area contributed by atoms with Crippen LogP contribution in [0.25, 0.3) is 0 Å². The van der Waals surface area contributed by atoms with Crippen LogP contribution in [-0.2, 0) is 26.6 Å². The van der Waals surface area contributed by atoms with Crippen molar-refractivity contribution >= 4 is 0 Å². The van der Waals surface area contributed by atoms with Gasteiger partial charge < -0.3 is 9.73 Å². The van der Waals surface area contributed by atoms with Crippen molar-refractivity contribution in [2.75, 3.05) is 0 Å². The van der Waals surface area contributed by atoms with Gasteiger partial charge in [0.2, 0.25) is 0 Å². The Morgan fingerprint density at radius 3 is 2.94 bits per heavy atom. The Kier molecular flexibility index (Phi) is 3.41. The van der Waals surface area contributed by atoms with Crippen molar-refractivity contribution in [2.45, 2.75) is 26.4 Å². The highest BCUT2D eigenvalue weighted by molar-refractivity contribution is 5.10.